The molecule has 2 N–H and O–H groups in total. The summed E-state index contributed by atoms with van der Waals surface area (Å²) in [7, 11) is 0. The maximum atomic E-state index is 5.98. The van der Waals surface area contributed by atoms with Gasteiger partial charge in [0.2, 0.25) is 0 Å². The Labute approximate surface area is 122 Å². The van der Waals surface area contributed by atoms with Crippen molar-refractivity contribution in [1.82, 2.24) is 0 Å². The van der Waals surface area contributed by atoms with Gasteiger partial charge in [-0.2, -0.15) is 0 Å². The summed E-state index contributed by atoms with van der Waals surface area (Å²) in [6.07, 6.45) is 0. The maximum Gasteiger partial charge on any atom is 0.124 e. The largest absolute Gasteiger partial charge is 0.489 e. The molecule has 0 radical (unpaired) electrons. The Morgan fingerprint density at radius 1 is 1.10 bits per heavy atom. The van der Waals surface area contributed by atoms with E-state index in [9.17, 15) is 0 Å². The fourth-order valence-electron chi connectivity index (χ4n) is 2.29. The van der Waals surface area contributed by atoms with Gasteiger partial charge in [-0.3, -0.25) is 0 Å². The number of fused-ring (bicyclic) bond motifs is 1. The molecule has 0 saturated carbocycles. The van der Waals surface area contributed by atoms with Crippen LogP contribution in [0.2, 0.25) is 0 Å². The summed E-state index contributed by atoms with van der Waals surface area (Å²) in [5.74, 6) is 0.873. The number of benzene rings is 2. The number of rotatable bonds is 4. The molecule has 0 bridgehead atoms. The molecular formula is C17H17NOS. The molecule has 2 nitrogen and oxygen atoms in total. The Bertz CT molecular complexity index is 718. The standard InChI is InChI=1S/C17H17NOS/c1-12(18)14-6-2-4-8-16(14)19-10-13-11-20-17-9-5-3-7-15(13)17/h2-9,11-12H,10,18H2,1H3/t12-/m0/s1. The molecular weight excluding hydrogens is 266 g/mol. The van der Waals surface area contributed by atoms with Crippen molar-refractivity contribution < 1.29 is 4.74 Å². The van der Waals surface area contributed by atoms with Gasteiger partial charge in [-0.25, -0.2) is 0 Å². The van der Waals surface area contributed by atoms with Crippen molar-refractivity contribution in [3.63, 3.8) is 0 Å². The summed E-state index contributed by atoms with van der Waals surface area (Å²) >= 11 is 1.75. The van der Waals surface area contributed by atoms with Crippen LogP contribution in [0.1, 0.15) is 24.1 Å². The number of para-hydroxylation sites is 1. The first-order valence-corrected chi connectivity index (χ1v) is 7.56. The van der Waals surface area contributed by atoms with E-state index in [-0.39, 0.29) is 6.04 Å². The smallest absolute Gasteiger partial charge is 0.124 e. The van der Waals surface area contributed by atoms with Crippen molar-refractivity contribution in [2.45, 2.75) is 19.6 Å². The third-order valence-corrected chi connectivity index (χ3v) is 4.37. The molecule has 1 heterocycles. The monoisotopic (exact) mass is 283 g/mol. The second kappa shape index (κ2) is 5.65. The van der Waals surface area contributed by atoms with Crippen LogP contribution in [0, 0.1) is 0 Å². The minimum Gasteiger partial charge on any atom is -0.489 e. The molecule has 1 atom stereocenters. The molecule has 1 aromatic heterocycles. The summed E-state index contributed by atoms with van der Waals surface area (Å²) in [6, 6.07) is 16.4. The molecule has 0 amide bonds. The van der Waals surface area contributed by atoms with Gasteiger partial charge in [-0.05, 0) is 29.8 Å². The molecule has 0 fully saturated rings. The number of ether oxygens (including phenoxy) is 1. The second-order valence-corrected chi connectivity index (χ2v) is 5.78. The molecule has 0 aliphatic rings. The van der Waals surface area contributed by atoms with Gasteiger partial charge in [0.05, 0.1) is 0 Å². The number of nitrogens with two attached hydrogens (primary N) is 1. The van der Waals surface area contributed by atoms with Crippen molar-refractivity contribution in [2.24, 2.45) is 5.73 Å². The third kappa shape index (κ3) is 2.55. The van der Waals surface area contributed by atoms with Crippen molar-refractivity contribution in [3.8, 4) is 5.75 Å². The fraction of sp³-hybridized carbons (Fsp3) is 0.176. The second-order valence-electron chi connectivity index (χ2n) is 4.87. The van der Waals surface area contributed by atoms with Crippen molar-refractivity contribution in [1.29, 1.82) is 0 Å². The zero-order valence-electron chi connectivity index (χ0n) is 11.4. The van der Waals surface area contributed by atoms with Crippen molar-refractivity contribution >= 4 is 21.4 Å². The molecule has 3 heteroatoms. The van der Waals surface area contributed by atoms with E-state index in [4.69, 9.17) is 10.5 Å². The van der Waals surface area contributed by atoms with Gasteiger partial charge in [0, 0.05) is 21.9 Å². The van der Waals surface area contributed by atoms with Crippen LogP contribution in [0.15, 0.2) is 53.9 Å². The van der Waals surface area contributed by atoms with Gasteiger partial charge in [0.1, 0.15) is 12.4 Å². The molecule has 0 aliphatic heterocycles. The maximum absolute atomic E-state index is 5.98. The average molecular weight is 283 g/mol. The molecule has 0 unspecified atom stereocenters. The van der Waals surface area contributed by atoms with Gasteiger partial charge in [0.15, 0.2) is 0 Å². The van der Waals surface area contributed by atoms with Crippen molar-refractivity contribution in [3.05, 3.63) is 65.0 Å². The lowest BCUT2D eigenvalue weighted by atomic mass is 10.1. The molecule has 0 spiro atoms. The Hall–Kier alpha value is -1.84. The number of hydrogen-bond acceptors (Lipinski definition) is 3. The van der Waals surface area contributed by atoms with E-state index in [0.717, 1.165) is 11.3 Å². The topological polar surface area (TPSA) is 35.2 Å². The van der Waals surface area contributed by atoms with Crippen LogP contribution in [0.3, 0.4) is 0 Å². The van der Waals surface area contributed by atoms with E-state index >= 15 is 0 Å². The molecule has 3 aromatic rings. The Balaban J connectivity index is 1.83. The lowest BCUT2D eigenvalue weighted by molar-refractivity contribution is 0.303. The zero-order chi connectivity index (χ0) is 13.9. The van der Waals surface area contributed by atoms with Crippen LogP contribution in [0.25, 0.3) is 10.1 Å². The first-order chi connectivity index (χ1) is 9.75. The summed E-state index contributed by atoms with van der Waals surface area (Å²) in [6.45, 7) is 2.55. The third-order valence-electron chi connectivity index (χ3n) is 3.35. The van der Waals surface area contributed by atoms with Crippen LogP contribution in [0.4, 0.5) is 0 Å². The highest BCUT2D eigenvalue weighted by molar-refractivity contribution is 7.17. The van der Waals surface area contributed by atoms with Gasteiger partial charge >= 0.3 is 0 Å². The van der Waals surface area contributed by atoms with E-state index in [1.165, 1.54) is 15.6 Å². The highest BCUT2D eigenvalue weighted by Gasteiger charge is 2.09. The predicted molar refractivity (Wildman–Crippen MR) is 85.2 cm³/mol. The quantitative estimate of drug-likeness (QED) is 0.765. The molecule has 20 heavy (non-hydrogen) atoms. The molecule has 3 rings (SSSR count). The Kier molecular flexibility index (Phi) is 3.72. The average Bonchev–Trinajstić information content (AvgIpc) is 2.88. The van der Waals surface area contributed by atoms with E-state index in [1.807, 2.05) is 31.2 Å². The van der Waals surface area contributed by atoms with E-state index < -0.39 is 0 Å². The van der Waals surface area contributed by atoms with Crippen LogP contribution < -0.4 is 10.5 Å². The lowest BCUT2D eigenvalue weighted by Crippen LogP contribution is -2.07. The van der Waals surface area contributed by atoms with Crippen LogP contribution in [-0.2, 0) is 6.61 Å². The van der Waals surface area contributed by atoms with Gasteiger partial charge in [0.25, 0.3) is 0 Å². The van der Waals surface area contributed by atoms with Crippen LogP contribution in [0.5, 0.6) is 5.75 Å². The fourth-order valence-corrected chi connectivity index (χ4v) is 3.24. The predicted octanol–water partition coefficient (Wildman–Crippen LogP) is 4.50. The summed E-state index contributed by atoms with van der Waals surface area (Å²) < 4.78 is 7.28. The number of thiophene rings is 1. The normalized spacial score (nSPS) is 12.5. The van der Waals surface area contributed by atoms with Gasteiger partial charge in [-0.1, -0.05) is 36.4 Å². The highest BCUT2D eigenvalue weighted by atomic mass is 32.1. The lowest BCUT2D eigenvalue weighted by Gasteiger charge is -2.13. The minimum absolute atomic E-state index is 0.0228. The van der Waals surface area contributed by atoms with E-state index in [0.29, 0.717) is 6.61 Å². The van der Waals surface area contributed by atoms with E-state index in [1.54, 1.807) is 11.3 Å². The SMILES string of the molecule is C[C@H](N)c1ccccc1OCc1csc2ccccc12. The van der Waals surface area contributed by atoms with Crippen LogP contribution >= 0.6 is 11.3 Å². The number of hydrogen-bond donors (Lipinski definition) is 1. The molecule has 0 saturated heterocycles. The summed E-state index contributed by atoms with van der Waals surface area (Å²) in [5, 5.41) is 3.44. The summed E-state index contributed by atoms with van der Waals surface area (Å²) in [4.78, 5) is 0. The molecule has 102 valence electrons. The first-order valence-electron chi connectivity index (χ1n) is 6.68. The molecule has 0 aliphatic carbocycles. The Morgan fingerprint density at radius 2 is 1.85 bits per heavy atom. The van der Waals surface area contributed by atoms with Crippen LogP contribution in [-0.4, -0.2) is 0 Å². The zero-order valence-corrected chi connectivity index (χ0v) is 12.2. The van der Waals surface area contributed by atoms with Gasteiger partial charge < -0.3 is 10.5 Å². The molecule has 2 aromatic carbocycles. The highest BCUT2D eigenvalue weighted by Crippen LogP contribution is 2.28. The first kappa shape index (κ1) is 13.2. The van der Waals surface area contributed by atoms with E-state index in [2.05, 4.69) is 29.6 Å². The van der Waals surface area contributed by atoms with Crippen molar-refractivity contribution in [2.75, 3.05) is 0 Å². The Morgan fingerprint density at radius 3 is 2.70 bits per heavy atom. The minimum atomic E-state index is -0.0228. The summed E-state index contributed by atoms with van der Waals surface area (Å²) in [5.41, 5.74) is 8.25. The van der Waals surface area contributed by atoms with Gasteiger partial charge in [-0.15, -0.1) is 11.3 Å².